The summed E-state index contributed by atoms with van der Waals surface area (Å²) in [6.45, 7) is 9.30. The van der Waals surface area contributed by atoms with Crippen LogP contribution < -0.4 is 0 Å². The van der Waals surface area contributed by atoms with Gasteiger partial charge in [0.05, 0.1) is 5.57 Å². The summed E-state index contributed by atoms with van der Waals surface area (Å²) < 4.78 is 0. The quantitative estimate of drug-likeness (QED) is 0.688. The molecule has 0 saturated heterocycles. The molecule has 0 atom stereocenters. The van der Waals surface area contributed by atoms with Crippen LogP contribution in [0.1, 0.15) is 40.5 Å². The normalized spacial score (nSPS) is 19.2. The van der Waals surface area contributed by atoms with Gasteiger partial charge in [0.1, 0.15) is 0 Å². The molecule has 1 aliphatic rings. The van der Waals surface area contributed by atoms with Gasteiger partial charge in [0.2, 0.25) is 0 Å². The highest BCUT2D eigenvalue weighted by atomic mass is 16.2. The number of ketones is 1. The van der Waals surface area contributed by atoms with Crippen LogP contribution in [0.5, 0.6) is 0 Å². The minimum atomic E-state index is -0.109. The smallest absolute Gasteiger partial charge is 0.257 e. The van der Waals surface area contributed by atoms with E-state index in [1.165, 1.54) is 0 Å². The van der Waals surface area contributed by atoms with Gasteiger partial charge in [-0.3, -0.25) is 9.59 Å². The highest BCUT2D eigenvalue weighted by molar-refractivity contribution is 6.19. The zero-order chi connectivity index (χ0) is 12.3. The predicted octanol–water partition coefficient (Wildman–Crippen LogP) is 2.17. The first-order chi connectivity index (χ1) is 7.41. The number of amides is 1. The first kappa shape index (κ1) is 12.9. The van der Waals surface area contributed by atoms with E-state index in [-0.39, 0.29) is 17.1 Å². The molecule has 0 aromatic rings. The molecule has 1 amide bonds. The number of carbonyl (C=O) groups is 2. The Labute approximate surface area is 97.5 Å². The van der Waals surface area contributed by atoms with Gasteiger partial charge in [-0.15, -0.1) is 0 Å². The molecule has 0 aromatic heterocycles. The number of rotatable bonds is 3. The minimum absolute atomic E-state index is 0.00350. The van der Waals surface area contributed by atoms with E-state index >= 15 is 0 Å². The lowest BCUT2D eigenvalue weighted by molar-refractivity contribution is -0.130. The Morgan fingerprint density at radius 3 is 2.44 bits per heavy atom. The molecule has 0 aromatic carbocycles. The van der Waals surface area contributed by atoms with E-state index in [1.54, 1.807) is 4.90 Å². The van der Waals surface area contributed by atoms with Crippen molar-refractivity contribution in [3.05, 3.63) is 11.6 Å². The lowest BCUT2D eigenvalue weighted by Crippen LogP contribution is -2.36. The number of hydrogen-bond acceptors (Lipinski definition) is 2. The van der Waals surface area contributed by atoms with Gasteiger partial charge in [-0.2, -0.15) is 0 Å². The molecule has 0 N–H and O–H groups in total. The second kappa shape index (κ2) is 4.81. The van der Waals surface area contributed by atoms with Gasteiger partial charge < -0.3 is 4.90 Å². The standard InChI is InChI=1S/C13H21NO2/c1-5-14(6-2)12(16)10-9-13(3,4)8-7-11(10)15/h9H,5-8H2,1-4H3. The van der Waals surface area contributed by atoms with E-state index in [9.17, 15) is 9.59 Å². The molecule has 90 valence electrons. The maximum absolute atomic E-state index is 12.1. The van der Waals surface area contributed by atoms with Crippen molar-refractivity contribution in [3.8, 4) is 0 Å². The van der Waals surface area contributed by atoms with Crippen molar-refractivity contribution in [2.24, 2.45) is 5.41 Å². The molecule has 3 heteroatoms. The average Bonchev–Trinajstić information content (AvgIpc) is 2.23. The summed E-state index contributed by atoms with van der Waals surface area (Å²) in [5, 5.41) is 0. The maximum atomic E-state index is 12.1. The third-order valence-electron chi connectivity index (χ3n) is 3.11. The Hall–Kier alpha value is -1.12. The van der Waals surface area contributed by atoms with Crippen LogP contribution in [-0.4, -0.2) is 29.7 Å². The summed E-state index contributed by atoms with van der Waals surface area (Å²) in [7, 11) is 0. The lowest BCUT2D eigenvalue weighted by atomic mass is 9.79. The van der Waals surface area contributed by atoms with E-state index in [0.717, 1.165) is 6.42 Å². The first-order valence-corrected chi connectivity index (χ1v) is 5.96. The molecule has 3 nitrogen and oxygen atoms in total. The van der Waals surface area contributed by atoms with Crippen molar-refractivity contribution >= 4 is 11.7 Å². The Bertz CT molecular complexity index is 325. The van der Waals surface area contributed by atoms with Gasteiger partial charge in [-0.1, -0.05) is 19.9 Å². The van der Waals surface area contributed by atoms with Crippen LogP contribution in [0, 0.1) is 5.41 Å². The largest absolute Gasteiger partial charge is 0.339 e. The molecule has 0 aliphatic heterocycles. The minimum Gasteiger partial charge on any atom is -0.339 e. The lowest BCUT2D eigenvalue weighted by Gasteiger charge is -2.28. The first-order valence-electron chi connectivity index (χ1n) is 5.96. The average molecular weight is 223 g/mol. The fourth-order valence-corrected chi connectivity index (χ4v) is 1.98. The second-order valence-electron chi connectivity index (χ2n) is 4.95. The molecule has 0 spiro atoms. The van der Waals surface area contributed by atoms with Crippen molar-refractivity contribution in [1.29, 1.82) is 0 Å². The van der Waals surface area contributed by atoms with E-state index in [2.05, 4.69) is 13.8 Å². The number of likely N-dealkylation sites (N-methyl/N-ethyl adjacent to an activating group) is 1. The Kier molecular flexibility index (Phi) is 3.89. The third kappa shape index (κ3) is 2.71. The summed E-state index contributed by atoms with van der Waals surface area (Å²) in [6, 6.07) is 0. The van der Waals surface area contributed by atoms with E-state index in [4.69, 9.17) is 0 Å². The van der Waals surface area contributed by atoms with Crippen molar-refractivity contribution < 1.29 is 9.59 Å². The van der Waals surface area contributed by atoms with E-state index < -0.39 is 0 Å². The fraction of sp³-hybridized carbons (Fsp3) is 0.692. The Morgan fingerprint density at radius 2 is 1.94 bits per heavy atom. The summed E-state index contributed by atoms with van der Waals surface area (Å²) in [6.07, 6.45) is 3.17. The van der Waals surface area contributed by atoms with Gasteiger partial charge in [0.15, 0.2) is 5.78 Å². The Balaban J connectivity index is 2.97. The van der Waals surface area contributed by atoms with Crippen LogP contribution in [0.15, 0.2) is 11.6 Å². The van der Waals surface area contributed by atoms with E-state index in [0.29, 0.717) is 25.1 Å². The fourth-order valence-electron chi connectivity index (χ4n) is 1.98. The molecule has 16 heavy (non-hydrogen) atoms. The number of nitrogens with zero attached hydrogens (tertiary/aromatic N) is 1. The molecule has 0 unspecified atom stereocenters. The monoisotopic (exact) mass is 223 g/mol. The van der Waals surface area contributed by atoms with Crippen LogP contribution in [0.3, 0.4) is 0 Å². The molecular weight excluding hydrogens is 202 g/mol. The molecule has 0 saturated carbocycles. The number of hydrogen-bond donors (Lipinski definition) is 0. The maximum Gasteiger partial charge on any atom is 0.257 e. The highest BCUT2D eigenvalue weighted by Crippen LogP contribution is 2.31. The van der Waals surface area contributed by atoms with E-state index in [1.807, 2.05) is 19.9 Å². The molecular formula is C13H21NO2. The van der Waals surface area contributed by atoms with Gasteiger partial charge in [0, 0.05) is 19.5 Å². The van der Waals surface area contributed by atoms with Gasteiger partial charge in [0.25, 0.3) is 5.91 Å². The van der Waals surface area contributed by atoms with Gasteiger partial charge in [-0.05, 0) is 25.7 Å². The van der Waals surface area contributed by atoms with Crippen LogP contribution in [0.25, 0.3) is 0 Å². The third-order valence-corrected chi connectivity index (χ3v) is 3.11. The van der Waals surface area contributed by atoms with Crippen LogP contribution >= 0.6 is 0 Å². The van der Waals surface area contributed by atoms with Crippen LogP contribution in [-0.2, 0) is 9.59 Å². The molecule has 0 fully saturated rings. The Morgan fingerprint density at radius 1 is 1.38 bits per heavy atom. The van der Waals surface area contributed by atoms with Gasteiger partial charge >= 0.3 is 0 Å². The molecule has 1 rings (SSSR count). The summed E-state index contributed by atoms with van der Waals surface area (Å²) in [5.74, 6) is -0.112. The zero-order valence-electron chi connectivity index (χ0n) is 10.7. The SMILES string of the molecule is CCN(CC)C(=O)C1=CC(C)(C)CCC1=O. The van der Waals surface area contributed by atoms with Crippen LogP contribution in [0.2, 0.25) is 0 Å². The number of carbonyl (C=O) groups excluding carboxylic acids is 2. The number of Topliss-reactive ketones (excluding diaryl/α,β-unsaturated/α-hetero) is 1. The summed E-state index contributed by atoms with van der Waals surface area (Å²) in [5.41, 5.74) is 0.353. The second-order valence-corrected chi connectivity index (χ2v) is 4.95. The van der Waals surface area contributed by atoms with Crippen molar-refractivity contribution in [2.75, 3.05) is 13.1 Å². The number of allylic oxidation sites excluding steroid dienone is 1. The predicted molar refractivity (Wildman–Crippen MR) is 64.0 cm³/mol. The summed E-state index contributed by atoms with van der Waals surface area (Å²) >= 11 is 0. The van der Waals surface area contributed by atoms with Gasteiger partial charge in [-0.25, -0.2) is 0 Å². The van der Waals surface area contributed by atoms with Crippen molar-refractivity contribution in [3.63, 3.8) is 0 Å². The topological polar surface area (TPSA) is 37.4 Å². The molecule has 1 aliphatic carbocycles. The highest BCUT2D eigenvalue weighted by Gasteiger charge is 2.31. The molecule has 0 radical (unpaired) electrons. The van der Waals surface area contributed by atoms with Crippen LogP contribution in [0.4, 0.5) is 0 Å². The van der Waals surface area contributed by atoms with Crippen molar-refractivity contribution in [2.45, 2.75) is 40.5 Å². The zero-order valence-corrected chi connectivity index (χ0v) is 10.7. The molecule has 0 bridgehead atoms. The van der Waals surface area contributed by atoms with Crippen molar-refractivity contribution in [1.82, 2.24) is 4.90 Å². The summed E-state index contributed by atoms with van der Waals surface area (Å²) in [4.78, 5) is 25.5. The molecule has 0 heterocycles.